The second-order valence-electron chi connectivity index (χ2n) is 5.85. The Morgan fingerprint density at radius 1 is 1.48 bits per heavy atom. The fraction of sp³-hybridized carbons (Fsp3) is 0.588. The van der Waals surface area contributed by atoms with Gasteiger partial charge in [-0.1, -0.05) is 25.7 Å². The van der Waals surface area contributed by atoms with Gasteiger partial charge in [0, 0.05) is 18.7 Å². The van der Waals surface area contributed by atoms with E-state index in [0.717, 1.165) is 37.4 Å². The minimum atomic E-state index is -0.177. The Labute approximate surface area is 131 Å². The Morgan fingerprint density at radius 3 is 3.00 bits per heavy atom. The minimum absolute atomic E-state index is 0.0941. The molecule has 0 aromatic carbocycles. The van der Waals surface area contributed by atoms with E-state index in [-0.39, 0.29) is 12.5 Å². The summed E-state index contributed by atoms with van der Waals surface area (Å²) in [5.41, 5.74) is 0.740. The molecule has 0 spiro atoms. The molecular formula is C17H23NO2S. The molecule has 0 aliphatic carbocycles. The molecule has 1 aliphatic heterocycles. The molecule has 2 rings (SSSR count). The van der Waals surface area contributed by atoms with Crippen LogP contribution in [0.5, 0.6) is 0 Å². The standard InChI is InChI=1S/C17H23NO2S/c1-13(2)14-5-3-9-18(10-7-14)17(20)16-15(6-4-11-19)8-12-21-16/h8,12-14,19H,3,5,7,9-11H2,1-2H3. The molecule has 1 aromatic rings. The van der Waals surface area contributed by atoms with E-state index >= 15 is 0 Å². The third kappa shape index (κ3) is 4.09. The molecule has 2 heterocycles. The van der Waals surface area contributed by atoms with Gasteiger partial charge in [0.1, 0.15) is 11.5 Å². The third-order valence-electron chi connectivity index (χ3n) is 4.16. The lowest BCUT2D eigenvalue weighted by molar-refractivity contribution is 0.0763. The van der Waals surface area contributed by atoms with Crippen LogP contribution in [0, 0.1) is 23.7 Å². The molecule has 1 aromatic heterocycles. The summed E-state index contributed by atoms with van der Waals surface area (Å²) in [6, 6.07) is 1.86. The molecule has 1 saturated heterocycles. The molecule has 4 heteroatoms. The number of amides is 1. The van der Waals surface area contributed by atoms with E-state index in [4.69, 9.17) is 5.11 Å². The summed E-state index contributed by atoms with van der Waals surface area (Å²) < 4.78 is 0. The van der Waals surface area contributed by atoms with Crippen LogP contribution in [0.25, 0.3) is 0 Å². The molecule has 21 heavy (non-hydrogen) atoms. The molecule has 114 valence electrons. The van der Waals surface area contributed by atoms with Crippen LogP contribution in [0.15, 0.2) is 11.4 Å². The highest BCUT2D eigenvalue weighted by Gasteiger charge is 2.24. The van der Waals surface area contributed by atoms with E-state index in [1.807, 2.05) is 16.3 Å². The number of carbonyl (C=O) groups is 1. The Balaban J connectivity index is 2.08. The lowest BCUT2D eigenvalue weighted by Crippen LogP contribution is -2.32. The maximum absolute atomic E-state index is 12.7. The van der Waals surface area contributed by atoms with Crippen molar-refractivity contribution >= 4 is 17.2 Å². The van der Waals surface area contributed by atoms with Crippen molar-refractivity contribution in [2.75, 3.05) is 19.7 Å². The zero-order chi connectivity index (χ0) is 15.2. The van der Waals surface area contributed by atoms with Gasteiger partial charge in [0.15, 0.2) is 0 Å². The number of aliphatic hydroxyl groups excluding tert-OH is 1. The van der Waals surface area contributed by atoms with Crippen LogP contribution in [-0.4, -0.2) is 35.6 Å². The molecule has 1 amide bonds. The molecular weight excluding hydrogens is 282 g/mol. The van der Waals surface area contributed by atoms with Gasteiger partial charge in [0.2, 0.25) is 0 Å². The molecule has 1 atom stereocenters. The third-order valence-corrected chi connectivity index (χ3v) is 5.07. The zero-order valence-electron chi connectivity index (χ0n) is 12.8. The summed E-state index contributed by atoms with van der Waals surface area (Å²) in [4.78, 5) is 15.4. The topological polar surface area (TPSA) is 40.5 Å². The number of likely N-dealkylation sites (tertiary alicyclic amines) is 1. The van der Waals surface area contributed by atoms with Crippen molar-refractivity contribution in [3.8, 4) is 11.8 Å². The largest absolute Gasteiger partial charge is 0.384 e. The highest BCUT2D eigenvalue weighted by molar-refractivity contribution is 7.12. The molecule has 1 aliphatic rings. The molecule has 1 fully saturated rings. The van der Waals surface area contributed by atoms with Crippen molar-refractivity contribution in [3.63, 3.8) is 0 Å². The highest BCUT2D eigenvalue weighted by Crippen LogP contribution is 2.26. The number of nitrogens with zero attached hydrogens (tertiary/aromatic N) is 1. The summed E-state index contributed by atoms with van der Waals surface area (Å²) in [7, 11) is 0. The van der Waals surface area contributed by atoms with Gasteiger partial charge in [-0.25, -0.2) is 0 Å². The quantitative estimate of drug-likeness (QED) is 0.853. The van der Waals surface area contributed by atoms with E-state index in [1.165, 1.54) is 17.8 Å². The first-order chi connectivity index (χ1) is 10.1. The van der Waals surface area contributed by atoms with E-state index in [2.05, 4.69) is 25.7 Å². The monoisotopic (exact) mass is 305 g/mol. The maximum Gasteiger partial charge on any atom is 0.265 e. The zero-order valence-corrected chi connectivity index (χ0v) is 13.6. The molecule has 0 saturated carbocycles. The van der Waals surface area contributed by atoms with E-state index < -0.39 is 0 Å². The lowest BCUT2D eigenvalue weighted by Gasteiger charge is -2.21. The SMILES string of the molecule is CC(C)C1CCCN(C(=O)c2sccc2C#CCO)CC1. The number of thiophene rings is 1. The van der Waals surface area contributed by atoms with Gasteiger partial charge in [-0.15, -0.1) is 11.3 Å². The molecule has 3 nitrogen and oxygen atoms in total. The Bertz CT molecular complexity index is 538. The number of hydrogen-bond acceptors (Lipinski definition) is 3. The number of carbonyl (C=O) groups excluding carboxylic acids is 1. The fourth-order valence-corrected chi connectivity index (χ4v) is 3.66. The Morgan fingerprint density at radius 2 is 2.29 bits per heavy atom. The summed E-state index contributed by atoms with van der Waals surface area (Å²) in [6.45, 7) is 6.04. The average Bonchev–Trinajstić information content (AvgIpc) is 2.78. The molecule has 0 bridgehead atoms. The van der Waals surface area contributed by atoms with E-state index in [9.17, 15) is 4.79 Å². The van der Waals surface area contributed by atoms with Crippen molar-refractivity contribution in [1.82, 2.24) is 4.90 Å². The van der Waals surface area contributed by atoms with Crippen molar-refractivity contribution in [3.05, 3.63) is 21.9 Å². The average molecular weight is 305 g/mol. The van der Waals surface area contributed by atoms with Crippen LogP contribution in [-0.2, 0) is 0 Å². The number of hydrogen-bond donors (Lipinski definition) is 1. The fourth-order valence-electron chi connectivity index (χ4n) is 2.84. The number of rotatable bonds is 2. The number of aliphatic hydroxyl groups is 1. The van der Waals surface area contributed by atoms with E-state index in [1.54, 1.807) is 0 Å². The minimum Gasteiger partial charge on any atom is -0.384 e. The maximum atomic E-state index is 12.7. The molecule has 1 N–H and O–H groups in total. The predicted molar refractivity (Wildman–Crippen MR) is 86.4 cm³/mol. The van der Waals surface area contributed by atoms with Crippen LogP contribution < -0.4 is 0 Å². The Hall–Kier alpha value is -1.31. The van der Waals surface area contributed by atoms with Crippen molar-refractivity contribution in [2.24, 2.45) is 11.8 Å². The highest BCUT2D eigenvalue weighted by atomic mass is 32.1. The molecule has 1 unspecified atom stereocenters. The van der Waals surface area contributed by atoms with Crippen LogP contribution >= 0.6 is 11.3 Å². The van der Waals surface area contributed by atoms with Gasteiger partial charge < -0.3 is 10.0 Å². The Kier molecular flexibility index (Phi) is 5.84. The van der Waals surface area contributed by atoms with Crippen molar-refractivity contribution in [2.45, 2.75) is 33.1 Å². The van der Waals surface area contributed by atoms with Crippen molar-refractivity contribution in [1.29, 1.82) is 0 Å². The van der Waals surface area contributed by atoms with Crippen molar-refractivity contribution < 1.29 is 9.90 Å². The van der Waals surface area contributed by atoms with Gasteiger partial charge in [0.05, 0.1) is 0 Å². The molecule has 0 radical (unpaired) electrons. The van der Waals surface area contributed by atoms with Crippen LogP contribution in [0.1, 0.15) is 48.3 Å². The summed E-state index contributed by atoms with van der Waals surface area (Å²) >= 11 is 1.44. The van der Waals surface area contributed by atoms with Crippen LogP contribution in [0.3, 0.4) is 0 Å². The van der Waals surface area contributed by atoms with Gasteiger partial charge in [-0.05, 0) is 42.5 Å². The smallest absolute Gasteiger partial charge is 0.265 e. The van der Waals surface area contributed by atoms with Gasteiger partial charge in [-0.2, -0.15) is 0 Å². The second-order valence-corrected chi connectivity index (χ2v) is 6.77. The van der Waals surface area contributed by atoms with Crippen LogP contribution in [0.4, 0.5) is 0 Å². The summed E-state index contributed by atoms with van der Waals surface area (Å²) in [5, 5.41) is 10.7. The normalized spacial score (nSPS) is 19.0. The van der Waals surface area contributed by atoms with Gasteiger partial charge >= 0.3 is 0 Å². The van der Waals surface area contributed by atoms with E-state index in [0.29, 0.717) is 10.8 Å². The second kappa shape index (κ2) is 7.63. The van der Waals surface area contributed by atoms with Crippen LogP contribution in [0.2, 0.25) is 0 Å². The first kappa shape index (κ1) is 16.1. The summed E-state index contributed by atoms with van der Waals surface area (Å²) in [6.07, 6.45) is 3.38. The lowest BCUT2D eigenvalue weighted by atomic mass is 9.89. The first-order valence-corrected chi connectivity index (χ1v) is 8.48. The predicted octanol–water partition coefficient (Wildman–Crippen LogP) is 2.99. The van der Waals surface area contributed by atoms with Gasteiger partial charge in [0.25, 0.3) is 5.91 Å². The first-order valence-electron chi connectivity index (χ1n) is 7.60. The summed E-state index contributed by atoms with van der Waals surface area (Å²) in [5.74, 6) is 7.00. The van der Waals surface area contributed by atoms with Gasteiger partial charge in [-0.3, -0.25) is 4.79 Å².